The van der Waals surface area contributed by atoms with Gasteiger partial charge in [0.2, 0.25) is 10.0 Å². The summed E-state index contributed by atoms with van der Waals surface area (Å²) in [5.41, 5.74) is 3.27. The molecule has 0 radical (unpaired) electrons. The van der Waals surface area contributed by atoms with Gasteiger partial charge in [0.15, 0.2) is 5.11 Å². The zero-order valence-electron chi connectivity index (χ0n) is 15.7. The first-order chi connectivity index (χ1) is 12.9. The zero-order valence-corrected chi connectivity index (χ0v) is 17.3. The van der Waals surface area contributed by atoms with Crippen LogP contribution in [0.25, 0.3) is 0 Å². The van der Waals surface area contributed by atoms with Crippen LogP contribution in [-0.4, -0.2) is 48.9 Å². The number of hydrogen-bond donors (Lipinski definition) is 1. The number of nitrogens with zero attached hydrogens (tertiary/aromatic N) is 2. The molecule has 144 valence electrons. The number of rotatable bonds is 4. The van der Waals surface area contributed by atoms with Gasteiger partial charge in [0.1, 0.15) is 0 Å². The Morgan fingerprint density at radius 1 is 1.04 bits per heavy atom. The molecule has 1 aliphatic rings. The molecular weight excluding hydrogens is 378 g/mol. The Kier molecular flexibility index (Phi) is 6.14. The van der Waals surface area contributed by atoms with Gasteiger partial charge in [-0.15, -0.1) is 0 Å². The average molecular weight is 404 g/mol. The van der Waals surface area contributed by atoms with Crippen LogP contribution in [0.5, 0.6) is 0 Å². The third-order valence-electron chi connectivity index (χ3n) is 4.82. The number of para-hydroxylation sites is 1. The lowest BCUT2D eigenvalue weighted by Gasteiger charge is -2.35. The highest BCUT2D eigenvalue weighted by atomic mass is 32.2. The van der Waals surface area contributed by atoms with Gasteiger partial charge < -0.3 is 10.2 Å². The van der Waals surface area contributed by atoms with E-state index in [0.29, 0.717) is 36.2 Å². The predicted molar refractivity (Wildman–Crippen MR) is 114 cm³/mol. The minimum absolute atomic E-state index is 0.346. The number of aryl methyl sites for hydroxylation is 2. The smallest absolute Gasteiger partial charge is 0.243 e. The summed E-state index contributed by atoms with van der Waals surface area (Å²) in [6, 6.07) is 15.1. The van der Waals surface area contributed by atoms with Gasteiger partial charge in [-0.3, -0.25) is 0 Å². The molecule has 0 saturated carbocycles. The summed E-state index contributed by atoms with van der Waals surface area (Å²) in [4.78, 5) is 2.38. The first-order valence-electron chi connectivity index (χ1n) is 9.12. The van der Waals surface area contributed by atoms with Crippen LogP contribution in [0.1, 0.15) is 18.1 Å². The van der Waals surface area contributed by atoms with Crippen molar-refractivity contribution in [2.24, 2.45) is 0 Å². The monoisotopic (exact) mass is 403 g/mol. The van der Waals surface area contributed by atoms with E-state index in [-0.39, 0.29) is 0 Å². The van der Waals surface area contributed by atoms with Crippen LogP contribution in [0.4, 0.5) is 5.69 Å². The van der Waals surface area contributed by atoms with Crippen LogP contribution >= 0.6 is 12.2 Å². The SMILES string of the molecule is CCc1ccccc1NC(=S)N1CCN(S(=O)(=O)c2ccc(C)cc2)CC1. The Morgan fingerprint density at radius 2 is 1.67 bits per heavy atom. The molecular formula is C20H25N3O2S2. The van der Waals surface area contributed by atoms with E-state index in [1.54, 1.807) is 12.1 Å². The van der Waals surface area contributed by atoms with Crippen molar-refractivity contribution >= 4 is 33.0 Å². The Morgan fingerprint density at radius 3 is 2.30 bits per heavy atom. The molecule has 1 aliphatic heterocycles. The molecule has 27 heavy (non-hydrogen) atoms. The zero-order chi connectivity index (χ0) is 19.4. The standard InChI is InChI=1S/C20H25N3O2S2/c1-3-17-6-4-5-7-19(17)21-20(26)22-12-14-23(15-13-22)27(24,25)18-10-8-16(2)9-11-18/h4-11H,3,12-15H2,1-2H3,(H,21,26). The van der Waals surface area contributed by atoms with Crippen molar-refractivity contribution in [2.45, 2.75) is 25.2 Å². The lowest BCUT2D eigenvalue weighted by Crippen LogP contribution is -2.51. The Balaban J connectivity index is 1.63. The van der Waals surface area contributed by atoms with Gasteiger partial charge in [-0.05, 0) is 49.3 Å². The third kappa shape index (κ3) is 4.48. The fourth-order valence-corrected chi connectivity index (χ4v) is 4.85. The largest absolute Gasteiger partial charge is 0.346 e. The molecule has 0 atom stereocenters. The second-order valence-corrected chi connectivity index (χ2v) is 8.97. The lowest BCUT2D eigenvalue weighted by atomic mass is 10.1. The Bertz CT molecular complexity index is 903. The number of thiocarbonyl (C=S) groups is 1. The quantitative estimate of drug-likeness (QED) is 0.794. The third-order valence-corrected chi connectivity index (χ3v) is 7.10. The summed E-state index contributed by atoms with van der Waals surface area (Å²) in [6.07, 6.45) is 0.925. The molecule has 1 fully saturated rings. The second-order valence-electron chi connectivity index (χ2n) is 6.65. The normalized spacial score (nSPS) is 15.6. The van der Waals surface area contributed by atoms with Crippen molar-refractivity contribution in [2.75, 3.05) is 31.5 Å². The lowest BCUT2D eigenvalue weighted by molar-refractivity contribution is 0.268. The summed E-state index contributed by atoms with van der Waals surface area (Å²) in [5, 5.41) is 3.95. The molecule has 2 aromatic rings. The summed E-state index contributed by atoms with van der Waals surface area (Å²) < 4.78 is 27.2. The minimum atomic E-state index is -3.45. The van der Waals surface area contributed by atoms with E-state index in [4.69, 9.17) is 12.2 Å². The predicted octanol–water partition coefficient (Wildman–Crippen LogP) is 3.26. The molecule has 0 bridgehead atoms. The van der Waals surface area contributed by atoms with Gasteiger partial charge in [0, 0.05) is 31.9 Å². The van der Waals surface area contributed by atoms with Gasteiger partial charge in [-0.25, -0.2) is 8.42 Å². The van der Waals surface area contributed by atoms with E-state index in [1.165, 1.54) is 9.87 Å². The Hall–Kier alpha value is -1.96. The number of sulfonamides is 1. The molecule has 0 aliphatic carbocycles. The number of anilines is 1. The summed E-state index contributed by atoms with van der Waals surface area (Å²) >= 11 is 5.55. The van der Waals surface area contributed by atoms with Crippen LogP contribution in [0.15, 0.2) is 53.4 Å². The van der Waals surface area contributed by atoms with E-state index < -0.39 is 10.0 Å². The first-order valence-corrected chi connectivity index (χ1v) is 11.0. The van der Waals surface area contributed by atoms with Gasteiger partial charge in [-0.1, -0.05) is 42.8 Å². The van der Waals surface area contributed by atoms with E-state index >= 15 is 0 Å². The molecule has 7 heteroatoms. The topological polar surface area (TPSA) is 52.6 Å². The fraction of sp³-hybridized carbons (Fsp3) is 0.350. The minimum Gasteiger partial charge on any atom is -0.346 e. The molecule has 0 spiro atoms. The molecule has 3 rings (SSSR count). The molecule has 1 heterocycles. The van der Waals surface area contributed by atoms with Crippen molar-refractivity contribution in [3.8, 4) is 0 Å². The Labute approximate surface area is 167 Å². The maximum Gasteiger partial charge on any atom is 0.243 e. The van der Waals surface area contributed by atoms with Crippen LogP contribution in [-0.2, 0) is 16.4 Å². The van der Waals surface area contributed by atoms with Crippen molar-refractivity contribution in [1.82, 2.24) is 9.21 Å². The van der Waals surface area contributed by atoms with E-state index in [0.717, 1.165) is 17.7 Å². The van der Waals surface area contributed by atoms with E-state index in [9.17, 15) is 8.42 Å². The molecule has 0 aromatic heterocycles. The number of benzene rings is 2. The van der Waals surface area contributed by atoms with Crippen LogP contribution in [0.2, 0.25) is 0 Å². The molecule has 1 N–H and O–H groups in total. The van der Waals surface area contributed by atoms with Crippen molar-refractivity contribution < 1.29 is 8.42 Å². The summed E-state index contributed by atoms with van der Waals surface area (Å²) in [5.74, 6) is 0. The second kappa shape index (κ2) is 8.37. The first kappa shape index (κ1) is 19.8. The maximum atomic E-state index is 12.8. The molecule has 5 nitrogen and oxygen atoms in total. The number of hydrogen-bond acceptors (Lipinski definition) is 3. The fourth-order valence-electron chi connectivity index (χ4n) is 3.14. The van der Waals surface area contributed by atoms with Gasteiger partial charge in [0.25, 0.3) is 0 Å². The maximum absolute atomic E-state index is 12.8. The molecule has 1 saturated heterocycles. The van der Waals surface area contributed by atoms with Crippen molar-refractivity contribution in [3.05, 3.63) is 59.7 Å². The van der Waals surface area contributed by atoms with Gasteiger partial charge in [0.05, 0.1) is 4.90 Å². The molecule has 0 amide bonds. The highest BCUT2D eigenvalue weighted by molar-refractivity contribution is 7.89. The highest BCUT2D eigenvalue weighted by Gasteiger charge is 2.29. The molecule has 2 aromatic carbocycles. The van der Waals surface area contributed by atoms with E-state index in [2.05, 4.69) is 18.3 Å². The van der Waals surface area contributed by atoms with E-state index in [1.807, 2.05) is 42.2 Å². The van der Waals surface area contributed by atoms with Gasteiger partial charge in [-0.2, -0.15) is 4.31 Å². The summed E-state index contributed by atoms with van der Waals surface area (Å²) in [6.45, 7) is 6.05. The summed E-state index contributed by atoms with van der Waals surface area (Å²) in [7, 11) is -3.45. The van der Waals surface area contributed by atoms with Crippen molar-refractivity contribution in [1.29, 1.82) is 0 Å². The molecule has 0 unspecified atom stereocenters. The van der Waals surface area contributed by atoms with Crippen LogP contribution < -0.4 is 5.32 Å². The average Bonchev–Trinajstić information content (AvgIpc) is 2.69. The van der Waals surface area contributed by atoms with Gasteiger partial charge >= 0.3 is 0 Å². The van der Waals surface area contributed by atoms with Crippen LogP contribution in [0, 0.1) is 6.92 Å². The number of piperazine rings is 1. The van der Waals surface area contributed by atoms with Crippen LogP contribution in [0.3, 0.4) is 0 Å². The van der Waals surface area contributed by atoms with Crippen molar-refractivity contribution in [3.63, 3.8) is 0 Å². The number of nitrogens with one attached hydrogen (secondary N) is 1. The highest BCUT2D eigenvalue weighted by Crippen LogP contribution is 2.20.